The van der Waals surface area contributed by atoms with E-state index in [9.17, 15) is 9.59 Å². The largest absolute Gasteiger partial charge is 0.326 e. The van der Waals surface area contributed by atoms with Gasteiger partial charge in [-0.3, -0.25) is 14.5 Å². The number of nitrogens with zero attached hydrogens (tertiary/aromatic N) is 1. The lowest BCUT2D eigenvalue weighted by Gasteiger charge is -2.24. The molecule has 0 spiro atoms. The minimum atomic E-state index is -0.0249. The Hall–Kier alpha value is -2.27. The second kappa shape index (κ2) is 7.16. The number of amides is 2. The summed E-state index contributed by atoms with van der Waals surface area (Å²) in [7, 11) is 0. The Balaban J connectivity index is 1.53. The number of benzene rings is 2. The molecule has 2 amide bonds. The summed E-state index contributed by atoms with van der Waals surface area (Å²) in [6, 6.07) is 16.1. The number of carbonyl (C=O) groups excluding carboxylic acids is 2. The zero-order chi connectivity index (χ0) is 18.1. The quantitative estimate of drug-likeness (QED) is 0.854. The van der Waals surface area contributed by atoms with Gasteiger partial charge in [-0.2, -0.15) is 0 Å². The van der Waals surface area contributed by atoms with Crippen molar-refractivity contribution in [1.29, 1.82) is 0 Å². The number of hydrogen-bond acceptors (Lipinski definition) is 3. The molecular formula is C21H22N2O2S. The van der Waals surface area contributed by atoms with E-state index >= 15 is 0 Å². The van der Waals surface area contributed by atoms with Crippen LogP contribution in [-0.4, -0.2) is 17.6 Å². The summed E-state index contributed by atoms with van der Waals surface area (Å²) in [4.78, 5) is 26.2. The molecule has 5 heteroatoms. The number of carbonyl (C=O) groups is 2. The summed E-state index contributed by atoms with van der Waals surface area (Å²) in [5, 5.41) is 2.93. The number of anilines is 2. The van der Waals surface area contributed by atoms with E-state index in [1.807, 2.05) is 41.3 Å². The molecule has 1 saturated heterocycles. The maximum absolute atomic E-state index is 12.5. The van der Waals surface area contributed by atoms with Crippen molar-refractivity contribution in [1.82, 2.24) is 0 Å². The van der Waals surface area contributed by atoms with E-state index < -0.39 is 0 Å². The van der Waals surface area contributed by atoms with Crippen LogP contribution in [0.3, 0.4) is 0 Å². The van der Waals surface area contributed by atoms with Crippen molar-refractivity contribution < 1.29 is 9.59 Å². The molecule has 1 atom stereocenters. The fraction of sp³-hybridized carbons (Fsp3) is 0.333. The monoisotopic (exact) mass is 366 g/mol. The predicted molar refractivity (Wildman–Crippen MR) is 106 cm³/mol. The van der Waals surface area contributed by atoms with E-state index in [1.165, 1.54) is 5.56 Å². The normalized spacial score (nSPS) is 19.7. The number of hydrogen-bond donors (Lipinski definition) is 1. The van der Waals surface area contributed by atoms with Crippen LogP contribution in [0.25, 0.3) is 0 Å². The second-order valence-corrected chi connectivity index (χ2v) is 7.90. The number of nitrogens with one attached hydrogen (secondary N) is 1. The van der Waals surface area contributed by atoms with Gasteiger partial charge >= 0.3 is 0 Å². The van der Waals surface area contributed by atoms with E-state index in [2.05, 4.69) is 24.4 Å². The Morgan fingerprint density at radius 2 is 1.81 bits per heavy atom. The fourth-order valence-corrected chi connectivity index (χ4v) is 4.34. The lowest BCUT2D eigenvalue weighted by Crippen LogP contribution is -2.27. The van der Waals surface area contributed by atoms with Crippen molar-refractivity contribution in [2.75, 3.05) is 16.0 Å². The fourth-order valence-electron chi connectivity index (χ4n) is 3.16. The molecule has 1 aliphatic heterocycles. The van der Waals surface area contributed by atoms with Crippen LogP contribution in [0.15, 0.2) is 48.5 Å². The molecule has 26 heavy (non-hydrogen) atoms. The zero-order valence-electron chi connectivity index (χ0n) is 14.8. The van der Waals surface area contributed by atoms with Crippen LogP contribution in [0.2, 0.25) is 0 Å². The van der Waals surface area contributed by atoms with Crippen molar-refractivity contribution in [2.45, 2.75) is 31.6 Å². The van der Waals surface area contributed by atoms with Gasteiger partial charge in [0.1, 0.15) is 5.37 Å². The first-order valence-corrected chi connectivity index (χ1v) is 10.1. The Morgan fingerprint density at radius 1 is 1.12 bits per heavy atom. The van der Waals surface area contributed by atoms with Crippen LogP contribution in [0.5, 0.6) is 0 Å². The molecule has 1 N–H and O–H groups in total. The Kier molecular flexibility index (Phi) is 4.72. The number of thioether (sulfide) groups is 1. The van der Waals surface area contributed by atoms with Gasteiger partial charge in [-0.05, 0) is 54.7 Å². The van der Waals surface area contributed by atoms with Crippen LogP contribution in [0.4, 0.5) is 11.4 Å². The first-order valence-electron chi connectivity index (χ1n) is 9.09. The van der Waals surface area contributed by atoms with Crippen molar-refractivity contribution >= 4 is 35.0 Å². The van der Waals surface area contributed by atoms with Gasteiger partial charge in [-0.1, -0.05) is 31.2 Å². The van der Waals surface area contributed by atoms with Crippen LogP contribution in [0.1, 0.15) is 36.3 Å². The highest BCUT2D eigenvalue weighted by molar-refractivity contribution is 8.00. The Bertz CT molecular complexity index is 813. The topological polar surface area (TPSA) is 49.4 Å². The highest BCUT2D eigenvalue weighted by atomic mass is 32.2. The summed E-state index contributed by atoms with van der Waals surface area (Å²) >= 11 is 1.64. The van der Waals surface area contributed by atoms with Gasteiger partial charge in [-0.15, -0.1) is 11.8 Å². The van der Waals surface area contributed by atoms with Gasteiger partial charge in [0.25, 0.3) is 0 Å². The average molecular weight is 366 g/mol. The second-order valence-electron chi connectivity index (χ2n) is 6.83. The van der Waals surface area contributed by atoms with Crippen molar-refractivity contribution in [3.8, 4) is 0 Å². The molecule has 4 rings (SSSR count). The predicted octanol–water partition coefficient (Wildman–Crippen LogP) is 4.38. The molecule has 1 heterocycles. The van der Waals surface area contributed by atoms with E-state index in [1.54, 1.807) is 11.8 Å². The molecule has 1 aliphatic carbocycles. The van der Waals surface area contributed by atoms with Gasteiger partial charge in [0.2, 0.25) is 11.8 Å². The van der Waals surface area contributed by atoms with E-state index in [0.717, 1.165) is 36.2 Å². The standard InChI is InChI=1S/C21H22N2O2S/c1-2-14-3-11-18(12-4-14)23-19(24)13-26-21(23)16-7-9-17(10-8-16)22-20(25)15-5-6-15/h3-4,7-12,15,21H,2,5-6,13H2,1H3,(H,22,25)/t21-/m0/s1. The molecule has 4 nitrogen and oxygen atoms in total. The maximum atomic E-state index is 12.5. The lowest BCUT2D eigenvalue weighted by molar-refractivity contribution is -0.117. The van der Waals surface area contributed by atoms with Crippen LogP contribution >= 0.6 is 11.8 Å². The average Bonchev–Trinajstić information content (AvgIpc) is 3.45. The first-order chi connectivity index (χ1) is 12.7. The van der Waals surface area contributed by atoms with Crippen molar-refractivity contribution in [3.05, 3.63) is 59.7 Å². The third kappa shape index (κ3) is 3.49. The molecule has 0 aromatic heterocycles. The van der Waals surface area contributed by atoms with Crippen molar-refractivity contribution in [3.63, 3.8) is 0 Å². The molecule has 2 aliphatic rings. The number of rotatable bonds is 5. The minimum Gasteiger partial charge on any atom is -0.326 e. The molecule has 2 aromatic carbocycles. The highest BCUT2D eigenvalue weighted by Crippen LogP contribution is 2.42. The minimum absolute atomic E-state index is 0.0249. The summed E-state index contributed by atoms with van der Waals surface area (Å²) in [5.74, 6) is 0.927. The van der Waals surface area contributed by atoms with Gasteiger partial charge in [0.05, 0.1) is 5.75 Å². The number of aryl methyl sites for hydroxylation is 1. The van der Waals surface area contributed by atoms with Gasteiger partial charge < -0.3 is 5.32 Å². The first kappa shape index (κ1) is 17.2. The van der Waals surface area contributed by atoms with Crippen LogP contribution in [-0.2, 0) is 16.0 Å². The summed E-state index contributed by atoms with van der Waals surface area (Å²) in [5.41, 5.74) is 4.09. The molecule has 0 bridgehead atoms. The summed E-state index contributed by atoms with van der Waals surface area (Å²) < 4.78 is 0. The van der Waals surface area contributed by atoms with E-state index in [-0.39, 0.29) is 23.1 Å². The van der Waals surface area contributed by atoms with Gasteiger partial charge in [0.15, 0.2) is 0 Å². The van der Waals surface area contributed by atoms with E-state index in [4.69, 9.17) is 0 Å². The maximum Gasteiger partial charge on any atom is 0.238 e. The Morgan fingerprint density at radius 3 is 2.42 bits per heavy atom. The lowest BCUT2D eigenvalue weighted by atomic mass is 10.1. The van der Waals surface area contributed by atoms with Crippen LogP contribution in [0, 0.1) is 5.92 Å². The third-order valence-electron chi connectivity index (χ3n) is 4.90. The molecule has 0 unspecified atom stereocenters. The molecular weight excluding hydrogens is 344 g/mol. The molecule has 0 radical (unpaired) electrons. The summed E-state index contributed by atoms with van der Waals surface area (Å²) in [6.45, 7) is 2.12. The summed E-state index contributed by atoms with van der Waals surface area (Å²) in [6.07, 6.45) is 2.98. The molecule has 1 saturated carbocycles. The molecule has 2 fully saturated rings. The highest BCUT2D eigenvalue weighted by Gasteiger charge is 2.34. The van der Waals surface area contributed by atoms with Crippen LogP contribution < -0.4 is 10.2 Å². The SMILES string of the molecule is CCc1ccc(N2C(=O)CS[C@H]2c2ccc(NC(=O)C3CC3)cc2)cc1. The third-order valence-corrected chi connectivity index (χ3v) is 6.11. The van der Waals surface area contributed by atoms with Crippen molar-refractivity contribution in [2.24, 2.45) is 5.92 Å². The zero-order valence-corrected chi connectivity index (χ0v) is 15.6. The molecule has 2 aromatic rings. The smallest absolute Gasteiger partial charge is 0.238 e. The molecule has 134 valence electrons. The van der Waals surface area contributed by atoms with Gasteiger partial charge in [0, 0.05) is 17.3 Å². The Labute approximate surface area is 158 Å². The van der Waals surface area contributed by atoms with Gasteiger partial charge in [-0.25, -0.2) is 0 Å². The van der Waals surface area contributed by atoms with E-state index in [0.29, 0.717) is 5.75 Å².